The van der Waals surface area contributed by atoms with E-state index in [9.17, 15) is 18.0 Å². The molecule has 0 unspecified atom stereocenters. The van der Waals surface area contributed by atoms with E-state index in [2.05, 4.69) is 4.74 Å². The van der Waals surface area contributed by atoms with E-state index in [1.54, 1.807) is 0 Å². The molecule has 0 fully saturated rings. The third kappa shape index (κ3) is 3.92. The summed E-state index contributed by atoms with van der Waals surface area (Å²) in [4.78, 5) is 10.8. The largest absolute Gasteiger partial charge is 0.465 e. The van der Waals surface area contributed by atoms with E-state index < -0.39 is 29.8 Å². The van der Waals surface area contributed by atoms with E-state index in [4.69, 9.17) is 11.1 Å². The summed E-state index contributed by atoms with van der Waals surface area (Å²) in [6.45, 7) is 0. The maximum Gasteiger partial charge on any atom is 0.394 e. The van der Waals surface area contributed by atoms with Crippen LogP contribution in [0.4, 0.5) is 13.2 Å². The zero-order valence-electron chi connectivity index (χ0n) is 7.31. The summed E-state index contributed by atoms with van der Waals surface area (Å²) in [5, 5.41) is 6.70. The van der Waals surface area contributed by atoms with Crippen LogP contribution < -0.4 is 5.73 Å². The number of hydrogen-bond acceptors (Lipinski definition) is 4. The maximum absolute atomic E-state index is 11.8. The van der Waals surface area contributed by atoms with Gasteiger partial charge in [0.25, 0.3) is 0 Å². The Morgan fingerprint density at radius 3 is 2.36 bits per heavy atom. The Hall–Kier alpha value is -1.53. The van der Waals surface area contributed by atoms with E-state index in [0.717, 1.165) is 7.11 Å². The Kier molecular flexibility index (Phi) is 4.13. The highest BCUT2D eigenvalue weighted by atomic mass is 19.4. The molecule has 0 aromatic carbocycles. The van der Waals surface area contributed by atoms with Crippen molar-refractivity contribution in [2.75, 3.05) is 7.11 Å². The van der Waals surface area contributed by atoms with Gasteiger partial charge < -0.3 is 15.9 Å². The van der Waals surface area contributed by atoms with Crippen LogP contribution in [0.3, 0.4) is 0 Å². The number of nitrogens with two attached hydrogens (primary N) is 1. The molecule has 80 valence electrons. The van der Waals surface area contributed by atoms with Crippen molar-refractivity contribution in [2.24, 2.45) is 5.73 Å². The number of carbonyl (C=O) groups is 1. The minimum absolute atomic E-state index is 0.437. The zero-order chi connectivity index (χ0) is 11.4. The van der Waals surface area contributed by atoms with Crippen LogP contribution in [0, 0.1) is 5.41 Å². The first-order chi connectivity index (χ1) is 6.31. The molecule has 0 bridgehead atoms. The fourth-order valence-corrected chi connectivity index (χ4v) is 0.704. The molecule has 0 rings (SSSR count). The van der Waals surface area contributed by atoms with Crippen LogP contribution in [0.1, 0.15) is 6.42 Å². The first-order valence-electron chi connectivity index (χ1n) is 3.46. The summed E-state index contributed by atoms with van der Waals surface area (Å²) in [6.07, 6.45) is -5.51. The number of allylic oxidation sites excluding steroid dienone is 1. The maximum atomic E-state index is 11.8. The molecule has 0 saturated carbocycles. The number of esters is 1. The van der Waals surface area contributed by atoms with Crippen molar-refractivity contribution >= 4 is 12.2 Å². The number of hydrogen-bond donors (Lipinski definition) is 2. The Balaban J connectivity index is 4.85. The number of ether oxygens (including phenoxy) is 1. The van der Waals surface area contributed by atoms with Crippen LogP contribution >= 0.6 is 0 Å². The van der Waals surface area contributed by atoms with E-state index in [1.165, 1.54) is 0 Å². The number of methoxy groups -OCH3 is 1. The molecule has 0 atom stereocenters. The van der Waals surface area contributed by atoms with Gasteiger partial charge in [0, 0.05) is 11.9 Å². The highest BCUT2D eigenvalue weighted by molar-refractivity contribution is 6.09. The average molecular weight is 210 g/mol. The molecule has 0 aliphatic heterocycles. The monoisotopic (exact) mass is 210 g/mol. The lowest BCUT2D eigenvalue weighted by Gasteiger charge is -2.08. The van der Waals surface area contributed by atoms with E-state index in [-0.39, 0.29) is 0 Å². The molecule has 4 nitrogen and oxygen atoms in total. The first-order valence-corrected chi connectivity index (χ1v) is 3.46. The fraction of sp³-hybridized carbons (Fsp3) is 0.429. The number of carbonyl (C=O) groups excluding carboxylic acids is 1. The Morgan fingerprint density at radius 1 is 1.57 bits per heavy atom. The lowest BCUT2D eigenvalue weighted by atomic mass is 10.2. The Bertz CT molecular complexity index is 271. The van der Waals surface area contributed by atoms with Gasteiger partial charge in [0.2, 0.25) is 0 Å². The predicted molar refractivity (Wildman–Crippen MR) is 42.7 cm³/mol. The highest BCUT2D eigenvalue weighted by Gasteiger charge is 2.30. The number of rotatable bonds is 3. The molecule has 3 N–H and O–H groups in total. The van der Waals surface area contributed by atoms with Crippen molar-refractivity contribution in [1.29, 1.82) is 5.41 Å². The second-order valence-corrected chi connectivity index (χ2v) is 2.37. The molecule has 0 aromatic heterocycles. The van der Waals surface area contributed by atoms with Crippen molar-refractivity contribution in [2.45, 2.75) is 12.6 Å². The van der Waals surface area contributed by atoms with Crippen molar-refractivity contribution in [3.63, 3.8) is 0 Å². The molecular weight excluding hydrogens is 201 g/mol. The van der Waals surface area contributed by atoms with Gasteiger partial charge in [-0.2, -0.15) is 13.2 Å². The zero-order valence-corrected chi connectivity index (χ0v) is 7.31. The molecular formula is C7H9F3N2O2. The summed E-state index contributed by atoms with van der Waals surface area (Å²) >= 11 is 0. The van der Waals surface area contributed by atoms with Gasteiger partial charge in [0.1, 0.15) is 0 Å². The molecule has 0 saturated heterocycles. The van der Waals surface area contributed by atoms with Crippen molar-refractivity contribution in [1.82, 2.24) is 0 Å². The van der Waals surface area contributed by atoms with E-state index in [1.807, 2.05) is 0 Å². The van der Waals surface area contributed by atoms with Gasteiger partial charge in [-0.25, -0.2) is 4.79 Å². The molecule has 0 aromatic rings. The summed E-state index contributed by atoms with van der Waals surface area (Å²) in [5.41, 5.74) is 3.70. The predicted octanol–water partition coefficient (Wildman–Crippen LogP) is 0.974. The molecule has 0 radical (unpaired) electrons. The summed E-state index contributed by atoms with van der Waals surface area (Å²) in [6, 6.07) is 0. The van der Waals surface area contributed by atoms with Crippen LogP contribution in [-0.4, -0.2) is 25.5 Å². The summed E-state index contributed by atoms with van der Waals surface area (Å²) in [7, 11) is 0.993. The van der Waals surface area contributed by atoms with Crippen LogP contribution in [0.5, 0.6) is 0 Å². The SMILES string of the molecule is COC(=O)C(C=N)=C(N)CC(F)(F)F. The highest BCUT2D eigenvalue weighted by Crippen LogP contribution is 2.23. The third-order valence-corrected chi connectivity index (χ3v) is 1.29. The van der Waals surface area contributed by atoms with Gasteiger partial charge in [0.05, 0.1) is 19.1 Å². The van der Waals surface area contributed by atoms with Gasteiger partial charge in [-0.05, 0) is 0 Å². The lowest BCUT2D eigenvalue weighted by Crippen LogP contribution is -2.19. The minimum Gasteiger partial charge on any atom is -0.465 e. The molecule has 0 aliphatic rings. The van der Waals surface area contributed by atoms with Crippen molar-refractivity contribution in [3.8, 4) is 0 Å². The second kappa shape index (κ2) is 4.64. The Labute approximate surface area is 78.0 Å². The molecule has 14 heavy (non-hydrogen) atoms. The number of halogens is 3. The van der Waals surface area contributed by atoms with E-state index >= 15 is 0 Å². The summed E-state index contributed by atoms with van der Waals surface area (Å²) in [5.74, 6) is -1.05. The Morgan fingerprint density at radius 2 is 2.07 bits per heavy atom. The van der Waals surface area contributed by atoms with Crippen LogP contribution in [0.2, 0.25) is 0 Å². The lowest BCUT2D eigenvalue weighted by molar-refractivity contribution is -0.135. The van der Waals surface area contributed by atoms with Gasteiger partial charge >= 0.3 is 12.1 Å². The average Bonchev–Trinajstić information content (AvgIpc) is 2.01. The topological polar surface area (TPSA) is 76.2 Å². The molecule has 0 heterocycles. The number of alkyl halides is 3. The third-order valence-electron chi connectivity index (χ3n) is 1.29. The van der Waals surface area contributed by atoms with Gasteiger partial charge in [-0.3, -0.25) is 0 Å². The molecule has 0 amide bonds. The molecule has 7 heteroatoms. The van der Waals surface area contributed by atoms with Crippen molar-refractivity contribution in [3.05, 3.63) is 11.3 Å². The van der Waals surface area contributed by atoms with Crippen LogP contribution in [0.15, 0.2) is 11.3 Å². The molecule has 0 aliphatic carbocycles. The molecule has 0 spiro atoms. The van der Waals surface area contributed by atoms with Crippen LogP contribution in [-0.2, 0) is 9.53 Å². The van der Waals surface area contributed by atoms with E-state index in [0.29, 0.717) is 6.21 Å². The smallest absolute Gasteiger partial charge is 0.394 e. The quantitative estimate of drug-likeness (QED) is 0.414. The normalized spacial score (nSPS) is 13.1. The van der Waals surface area contributed by atoms with Gasteiger partial charge in [-0.1, -0.05) is 0 Å². The van der Waals surface area contributed by atoms with Crippen molar-refractivity contribution < 1.29 is 22.7 Å². The standard InChI is InChI=1S/C7H9F3N2O2/c1-14-6(13)4(3-11)5(12)2-7(8,9)10/h3,11H,2,12H2,1H3. The second-order valence-electron chi connectivity index (χ2n) is 2.37. The summed E-state index contributed by atoms with van der Waals surface area (Å²) < 4.78 is 39.6. The number of nitrogens with one attached hydrogen (secondary N) is 1. The fourth-order valence-electron chi connectivity index (χ4n) is 0.704. The van der Waals surface area contributed by atoms with Crippen LogP contribution in [0.25, 0.3) is 0 Å². The van der Waals surface area contributed by atoms with Gasteiger partial charge in [0.15, 0.2) is 0 Å². The van der Waals surface area contributed by atoms with Gasteiger partial charge in [-0.15, -0.1) is 0 Å². The minimum atomic E-state index is -4.51. The first kappa shape index (κ1) is 12.5.